The topological polar surface area (TPSA) is 83.1 Å². The van der Waals surface area contributed by atoms with Gasteiger partial charge in [-0.1, -0.05) is 6.42 Å². The molecular formula is C22H31F3N4O4S. The van der Waals surface area contributed by atoms with Gasteiger partial charge in [0.1, 0.15) is 10.7 Å². The molecule has 2 aliphatic heterocycles. The van der Waals surface area contributed by atoms with E-state index in [1.54, 1.807) is 16.9 Å². The summed E-state index contributed by atoms with van der Waals surface area (Å²) in [5.74, 6) is 0.168. The molecule has 0 bridgehead atoms. The molecule has 1 aliphatic carbocycles. The van der Waals surface area contributed by atoms with E-state index in [2.05, 4.69) is 4.98 Å². The van der Waals surface area contributed by atoms with E-state index in [0.717, 1.165) is 19.3 Å². The Labute approximate surface area is 198 Å². The number of ether oxygens (including phenoxy) is 1. The molecule has 0 spiro atoms. The van der Waals surface area contributed by atoms with Crippen LogP contribution in [0.1, 0.15) is 44.6 Å². The molecule has 0 unspecified atom stereocenters. The van der Waals surface area contributed by atoms with Crippen LogP contribution in [0.5, 0.6) is 0 Å². The molecule has 3 aliphatic rings. The standard InChI is InChI=1S/C22H31F3N4O4S/c1-21(33-2)6-8-29(9-7-21)34(31,32)18-14-17(22(23,24)25)15-26-19(18)27-10-12-28(13-11-27)20(30)16-4-3-5-16/h14-16H,3-13H2,1-2H3. The molecule has 0 atom stereocenters. The highest BCUT2D eigenvalue weighted by atomic mass is 32.2. The number of piperidine rings is 1. The number of aromatic nitrogens is 1. The zero-order valence-corrected chi connectivity index (χ0v) is 20.3. The molecule has 12 heteroatoms. The summed E-state index contributed by atoms with van der Waals surface area (Å²) >= 11 is 0. The molecule has 1 saturated carbocycles. The Morgan fingerprint density at radius 2 is 1.74 bits per heavy atom. The van der Waals surface area contributed by atoms with Gasteiger partial charge in [0.25, 0.3) is 0 Å². The smallest absolute Gasteiger partial charge is 0.378 e. The normalized spacial score (nSPS) is 22.5. The number of rotatable bonds is 5. The maximum absolute atomic E-state index is 13.5. The molecule has 0 N–H and O–H groups in total. The van der Waals surface area contributed by atoms with E-state index >= 15 is 0 Å². The fourth-order valence-electron chi connectivity index (χ4n) is 4.61. The van der Waals surface area contributed by atoms with E-state index in [-0.39, 0.29) is 30.7 Å². The number of carbonyl (C=O) groups excluding carboxylic acids is 1. The first-order chi connectivity index (χ1) is 15.9. The minimum Gasteiger partial charge on any atom is -0.378 e. The summed E-state index contributed by atoms with van der Waals surface area (Å²) in [6.45, 7) is 3.56. The molecule has 2 saturated heterocycles. The lowest BCUT2D eigenvalue weighted by Crippen LogP contribution is -2.52. The third-order valence-corrected chi connectivity index (χ3v) is 9.30. The van der Waals surface area contributed by atoms with E-state index in [1.807, 2.05) is 6.92 Å². The second-order valence-corrected chi connectivity index (χ2v) is 11.4. The lowest BCUT2D eigenvalue weighted by atomic mass is 9.84. The fourth-order valence-corrected chi connectivity index (χ4v) is 6.24. The van der Waals surface area contributed by atoms with Gasteiger partial charge in [0.2, 0.25) is 15.9 Å². The van der Waals surface area contributed by atoms with Crippen LogP contribution in [0, 0.1) is 5.92 Å². The van der Waals surface area contributed by atoms with Crippen LogP contribution in [0.4, 0.5) is 19.0 Å². The van der Waals surface area contributed by atoms with Crippen molar-refractivity contribution in [2.45, 2.75) is 55.7 Å². The lowest BCUT2D eigenvalue weighted by Gasteiger charge is -2.40. The Bertz CT molecular complexity index is 1010. The summed E-state index contributed by atoms with van der Waals surface area (Å²) in [7, 11) is -2.66. The van der Waals surface area contributed by atoms with Gasteiger partial charge in [0.15, 0.2) is 0 Å². The molecule has 1 aromatic heterocycles. The highest BCUT2D eigenvalue weighted by molar-refractivity contribution is 7.89. The van der Waals surface area contributed by atoms with Crippen molar-refractivity contribution in [3.63, 3.8) is 0 Å². The van der Waals surface area contributed by atoms with Crippen molar-refractivity contribution in [1.29, 1.82) is 0 Å². The molecule has 3 fully saturated rings. The van der Waals surface area contributed by atoms with E-state index < -0.39 is 32.3 Å². The Balaban J connectivity index is 1.59. The third kappa shape index (κ3) is 4.90. The largest absolute Gasteiger partial charge is 0.417 e. The van der Waals surface area contributed by atoms with Crippen LogP contribution in [0.25, 0.3) is 0 Å². The maximum Gasteiger partial charge on any atom is 0.417 e. The first-order valence-corrected chi connectivity index (χ1v) is 13.0. The van der Waals surface area contributed by atoms with Crippen LogP contribution in [0.3, 0.4) is 0 Å². The van der Waals surface area contributed by atoms with Crippen molar-refractivity contribution in [2.75, 3.05) is 51.3 Å². The molecule has 0 radical (unpaired) electrons. The highest BCUT2D eigenvalue weighted by Crippen LogP contribution is 2.37. The van der Waals surface area contributed by atoms with Crippen molar-refractivity contribution in [1.82, 2.24) is 14.2 Å². The van der Waals surface area contributed by atoms with Gasteiger partial charge in [-0.3, -0.25) is 4.79 Å². The van der Waals surface area contributed by atoms with Crippen molar-refractivity contribution < 1.29 is 31.1 Å². The number of alkyl halides is 3. The van der Waals surface area contributed by atoms with Gasteiger partial charge >= 0.3 is 6.18 Å². The SMILES string of the molecule is COC1(C)CCN(S(=O)(=O)c2cc(C(F)(F)F)cnc2N2CCN(C(=O)C3CCC3)CC2)CC1. The number of amides is 1. The summed E-state index contributed by atoms with van der Waals surface area (Å²) in [4.78, 5) is 19.5. The summed E-state index contributed by atoms with van der Waals surface area (Å²) in [6, 6.07) is 0.688. The van der Waals surface area contributed by atoms with Gasteiger partial charge in [0.05, 0.1) is 11.2 Å². The third-order valence-electron chi connectivity index (χ3n) is 7.40. The Hall–Kier alpha value is -1.92. The lowest BCUT2D eigenvalue weighted by molar-refractivity contribution is -0.139. The predicted molar refractivity (Wildman–Crippen MR) is 119 cm³/mol. The van der Waals surface area contributed by atoms with E-state index in [4.69, 9.17) is 4.74 Å². The van der Waals surface area contributed by atoms with Crippen molar-refractivity contribution >= 4 is 21.7 Å². The van der Waals surface area contributed by atoms with Crippen LogP contribution in [0.15, 0.2) is 17.2 Å². The number of halogens is 3. The first kappa shape index (κ1) is 25.2. The van der Waals surface area contributed by atoms with Crippen molar-refractivity contribution in [2.24, 2.45) is 5.92 Å². The number of sulfonamides is 1. The summed E-state index contributed by atoms with van der Waals surface area (Å²) < 4.78 is 74.1. The molecule has 4 rings (SSSR count). The molecule has 0 aromatic carbocycles. The highest BCUT2D eigenvalue weighted by Gasteiger charge is 2.40. The minimum absolute atomic E-state index is 0.00354. The molecule has 8 nitrogen and oxygen atoms in total. The number of carbonyl (C=O) groups is 1. The van der Waals surface area contributed by atoms with Crippen LogP contribution in [-0.2, 0) is 25.7 Å². The van der Waals surface area contributed by atoms with Gasteiger partial charge in [-0.05, 0) is 38.7 Å². The van der Waals surface area contributed by atoms with Crippen molar-refractivity contribution in [3.8, 4) is 0 Å². The van der Waals surface area contributed by atoms with Gasteiger partial charge < -0.3 is 14.5 Å². The summed E-state index contributed by atoms with van der Waals surface area (Å²) in [5, 5.41) is 0. The fraction of sp³-hybridized carbons (Fsp3) is 0.727. The van der Waals surface area contributed by atoms with Crippen molar-refractivity contribution in [3.05, 3.63) is 17.8 Å². The van der Waals surface area contributed by atoms with E-state index in [1.165, 1.54) is 4.31 Å². The van der Waals surface area contributed by atoms with Crippen LogP contribution < -0.4 is 4.90 Å². The number of methoxy groups -OCH3 is 1. The molecule has 3 heterocycles. The summed E-state index contributed by atoms with van der Waals surface area (Å²) in [6.07, 6.45) is -0.343. The molecule has 1 aromatic rings. The first-order valence-electron chi connectivity index (χ1n) is 11.6. The Morgan fingerprint density at radius 3 is 2.24 bits per heavy atom. The number of anilines is 1. The van der Waals surface area contributed by atoms with Gasteiger partial charge in [-0.25, -0.2) is 13.4 Å². The number of pyridine rings is 1. The number of hydrogen-bond acceptors (Lipinski definition) is 6. The number of nitrogens with zero attached hydrogens (tertiary/aromatic N) is 4. The quantitative estimate of drug-likeness (QED) is 0.613. The summed E-state index contributed by atoms with van der Waals surface area (Å²) in [5.41, 5.74) is -1.57. The monoisotopic (exact) mass is 504 g/mol. The minimum atomic E-state index is -4.72. The Kier molecular flexibility index (Phi) is 6.87. The predicted octanol–water partition coefficient (Wildman–Crippen LogP) is 2.74. The molecule has 190 valence electrons. The second-order valence-electron chi connectivity index (χ2n) is 9.54. The van der Waals surface area contributed by atoms with Crippen LogP contribution >= 0.6 is 0 Å². The van der Waals surface area contributed by atoms with Crippen LogP contribution in [-0.4, -0.2) is 80.5 Å². The van der Waals surface area contributed by atoms with E-state index in [0.29, 0.717) is 51.3 Å². The second kappa shape index (κ2) is 9.27. The zero-order chi connectivity index (χ0) is 24.7. The van der Waals surface area contributed by atoms with Crippen LogP contribution in [0.2, 0.25) is 0 Å². The molecule has 1 amide bonds. The van der Waals surface area contributed by atoms with Gasteiger partial charge in [-0.2, -0.15) is 17.5 Å². The zero-order valence-electron chi connectivity index (χ0n) is 19.5. The molecule has 34 heavy (non-hydrogen) atoms. The maximum atomic E-state index is 13.5. The number of hydrogen-bond donors (Lipinski definition) is 0. The average molecular weight is 505 g/mol. The Morgan fingerprint density at radius 1 is 1.12 bits per heavy atom. The van der Waals surface area contributed by atoms with Gasteiger partial charge in [0, 0.05) is 58.5 Å². The average Bonchev–Trinajstić information content (AvgIpc) is 2.77. The molecular weight excluding hydrogens is 473 g/mol. The number of piperazine rings is 1. The van der Waals surface area contributed by atoms with E-state index in [9.17, 15) is 26.4 Å². The van der Waals surface area contributed by atoms with Gasteiger partial charge in [-0.15, -0.1) is 0 Å².